The second kappa shape index (κ2) is 14.9. The molecule has 6 aliphatic rings. The molecule has 8 heteroatoms. The fourth-order valence-corrected chi connectivity index (χ4v) is 13.7. The third kappa shape index (κ3) is 5.20. The van der Waals surface area contributed by atoms with E-state index in [-0.39, 0.29) is 13.4 Å². The second-order valence-electron chi connectivity index (χ2n) is 20.0. The number of hydrogen-bond donors (Lipinski definition) is 0. The average Bonchev–Trinajstić information content (AvgIpc) is 3.51. The highest BCUT2D eigenvalue weighted by Gasteiger charge is 2.51. The summed E-state index contributed by atoms with van der Waals surface area (Å²) >= 11 is 0. The van der Waals surface area contributed by atoms with Gasteiger partial charge in [-0.1, -0.05) is 109 Å². The standard InChI is InChI=1S/C66H42B2N6/c1-5-19-43(20-6-1)69-49-27-13-28-50-61(49)67-63-53(69)31-15-35-57(63)73(58-36-16-32-54(64(58)67)70(50)44-21-7-2-8-22-44)47-39-41-48(42-40-47)74-59-37-17-33-55-65(59)68-62-51(71(55)45-23-9-3-10-24-45)29-14-30-52(62)72(46-25-11-4-12-26-46)56-34-18-38-60(74)66(56)68/h1-42H. The molecule has 0 spiro atoms. The molecule has 0 saturated heterocycles. The first kappa shape index (κ1) is 40.0. The van der Waals surface area contributed by atoms with E-state index in [1.165, 1.54) is 101 Å². The Morgan fingerprint density at radius 1 is 0.149 bits per heavy atom. The molecule has 0 aromatic heterocycles. The minimum Gasteiger partial charge on any atom is -0.311 e. The fourth-order valence-electron chi connectivity index (χ4n) is 13.7. The van der Waals surface area contributed by atoms with E-state index < -0.39 is 0 Å². The van der Waals surface area contributed by atoms with E-state index in [9.17, 15) is 0 Å². The predicted octanol–water partition coefficient (Wildman–Crippen LogP) is 13.4. The molecule has 17 rings (SSSR count). The number of para-hydroxylation sites is 4. The Kier molecular flexibility index (Phi) is 8.08. The van der Waals surface area contributed by atoms with Gasteiger partial charge in [-0.25, -0.2) is 0 Å². The molecule has 0 atom stereocenters. The number of benzene rings is 11. The van der Waals surface area contributed by atoms with Crippen LogP contribution in [-0.2, 0) is 0 Å². The topological polar surface area (TPSA) is 19.4 Å². The molecule has 0 bridgehead atoms. The van der Waals surface area contributed by atoms with E-state index in [0.29, 0.717) is 0 Å². The summed E-state index contributed by atoms with van der Waals surface area (Å²) in [6.07, 6.45) is 0. The lowest BCUT2D eigenvalue weighted by Crippen LogP contribution is -2.64. The van der Waals surface area contributed by atoms with Gasteiger partial charge in [0, 0.05) is 102 Å². The maximum atomic E-state index is 2.53. The highest BCUT2D eigenvalue weighted by molar-refractivity contribution is 7.03. The molecule has 0 unspecified atom stereocenters. The third-order valence-electron chi connectivity index (χ3n) is 16.4. The van der Waals surface area contributed by atoms with Crippen LogP contribution in [0.15, 0.2) is 255 Å². The van der Waals surface area contributed by atoms with Gasteiger partial charge in [0.25, 0.3) is 13.4 Å². The second-order valence-corrected chi connectivity index (χ2v) is 20.0. The van der Waals surface area contributed by atoms with Gasteiger partial charge in [0.15, 0.2) is 0 Å². The van der Waals surface area contributed by atoms with Crippen LogP contribution in [0, 0.1) is 0 Å². The maximum Gasteiger partial charge on any atom is 0.257 e. The van der Waals surface area contributed by atoms with Gasteiger partial charge in [-0.2, -0.15) is 0 Å². The summed E-state index contributed by atoms with van der Waals surface area (Å²) in [6.45, 7) is 0.0841. The first-order valence-electron chi connectivity index (χ1n) is 25.7. The van der Waals surface area contributed by atoms with Gasteiger partial charge in [0.1, 0.15) is 0 Å². The Hall–Kier alpha value is -9.65. The van der Waals surface area contributed by atoms with Gasteiger partial charge in [0.2, 0.25) is 0 Å². The summed E-state index contributed by atoms with van der Waals surface area (Å²) in [5.41, 5.74) is 29.3. The summed E-state index contributed by atoms with van der Waals surface area (Å²) in [5, 5.41) is 0. The molecular formula is C66H42B2N6. The Balaban J connectivity index is 0.874. The van der Waals surface area contributed by atoms with Gasteiger partial charge in [-0.05, 0) is 178 Å². The SMILES string of the molecule is c1ccc(N2c3cccc4c3B3c5c2cccc5N(c2ccc(N5c6cccc7c6B6c8c(cccc8N(c8ccccc8)c8cccc5c86)N7c5ccccc5)cc2)c2cccc(c23)N4c2ccccc2)cc1. The fraction of sp³-hybridized carbons (Fsp3) is 0. The molecule has 11 aromatic rings. The molecule has 0 radical (unpaired) electrons. The van der Waals surface area contributed by atoms with Crippen molar-refractivity contribution in [1.82, 2.24) is 0 Å². The van der Waals surface area contributed by atoms with Crippen LogP contribution in [0.1, 0.15) is 0 Å². The number of hydrogen-bond acceptors (Lipinski definition) is 6. The van der Waals surface area contributed by atoms with E-state index in [1.807, 2.05) is 0 Å². The molecule has 0 amide bonds. The minimum atomic E-state index is 0.0420. The molecule has 6 aliphatic heterocycles. The smallest absolute Gasteiger partial charge is 0.257 e. The zero-order valence-electron chi connectivity index (χ0n) is 40.1. The van der Waals surface area contributed by atoms with Crippen molar-refractivity contribution in [3.05, 3.63) is 255 Å². The van der Waals surface area contributed by atoms with Crippen LogP contribution in [0.4, 0.5) is 102 Å². The van der Waals surface area contributed by atoms with Crippen molar-refractivity contribution in [2.75, 3.05) is 29.4 Å². The van der Waals surface area contributed by atoms with Crippen molar-refractivity contribution in [3.8, 4) is 0 Å². The van der Waals surface area contributed by atoms with Gasteiger partial charge < -0.3 is 29.4 Å². The molecule has 11 aromatic carbocycles. The summed E-state index contributed by atoms with van der Waals surface area (Å²) in [5.74, 6) is 0. The number of anilines is 18. The van der Waals surface area contributed by atoms with E-state index in [2.05, 4.69) is 284 Å². The number of rotatable bonds is 6. The average molecular weight is 941 g/mol. The molecule has 0 N–H and O–H groups in total. The first-order chi connectivity index (χ1) is 36.8. The van der Waals surface area contributed by atoms with Crippen LogP contribution in [0.2, 0.25) is 0 Å². The van der Waals surface area contributed by atoms with Gasteiger partial charge >= 0.3 is 0 Å². The first-order valence-corrected chi connectivity index (χ1v) is 25.7. The Labute approximate surface area is 430 Å². The van der Waals surface area contributed by atoms with Crippen LogP contribution in [0.3, 0.4) is 0 Å². The van der Waals surface area contributed by atoms with Crippen LogP contribution in [0.25, 0.3) is 0 Å². The zero-order valence-corrected chi connectivity index (χ0v) is 40.1. The van der Waals surface area contributed by atoms with E-state index in [0.717, 1.165) is 34.1 Å². The summed E-state index contributed by atoms with van der Waals surface area (Å²) in [4.78, 5) is 15.0. The summed E-state index contributed by atoms with van der Waals surface area (Å²) in [6, 6.07) is 94.3. The summed E-state index contributed by atoms with van der Waals surface area (Å²) in [7, 11) is 0. The third-order valence-corrected chi connectivity index (χ3v) is 16.4. The monoisotopic (exact) mass is 940 g/mol. The molecule has 0 fully saturated rings. The highest BCUT2D eigenvalue weighted by Crippen LogP contribution is 2.53. The lowest BCUT2D eigenvalue weighted by atomic mass is 9.32. The minimum absolute atomic E-state index is 0.0420. The van der Waals surface area contributed by atoms with E-state index >= 15 is 0 Å². The van der Waals surface area contributed by atoms with E-state index in [1.54, 1.807) is 0 Å². The molecule has 342 valence electrons. The van der Waals surface area contributed by atoms with Crippen molar-refractivity contribution in [1.29, 1.82) is 0 Å². The maximum absolute atomic E-state index is 2.53. The van der Waals surface area contributed by atoms with Crippen LogP contribution < -0.4 is 62.2 Å². The molecule has 6 heterocycles. The largest absolute Gasteiger partial charge is 0.311 e. The van der Waals surface area contributed by atoms with Gasteiger partial charge in [-0.15, -0.1) is 0 Å². The molecule has 0 saturated carbocycles. The zero-order chi connectivity index (χ0) is 48.2. The van der Waals surface area contributed by atoms with Crippen molar-refractivity contribution >= 4 is 149 Å². The Morgan fingerprint density at radius 2 is 0.297 bits per heavy atom. The van der Waals surface area contributed by atoms with Crippen molar-refractivity contribution in [3.63, 3.8) is 0 Å². The van der Waals surface area contributed by atoms with Crippen LogP contribution in [0.5, 0.6) is 0 Å². The van der Waals surface area contributed by atoms with Crippen LogP contribution >= 0.6 is 0 Å². The molecular weight excluding hydrogens is 898 g/mol. The van der Waals surface area contributed by atoms with Crippen molar-refractivity contribution in [2.45, 2.75) is 0 Å². The van der Waals surface area contributed by atoms with Gasteiger partial charge in [0.05, 0.1) is 0 Å². The lowest BCUT2D eigenvalue weighted by molar-refractivity contribution is 1.21. The predicted molar refractivity (Wildman–Crippen MR) is 311 cm³/mol. The molecule has 6 nitrogen and oxygen atoms in total. The molecule has 0 aliphatic carbocycles. The quantitative estimate of drug-likeness (QED) is 0.154. The van der Waals surface area contributed by atoms with Crippen molar-refractivity contribution in [2.24, 2.45) is 0 Å². The Morgan fingerprint density at radius 3 is 0.459 bits per heavy atom. The normalized spacial score (nSPS) is 14.3. The Bertz CT molecular complexity index is 3630. The highest BCUT2D eigenvalue weighted by atomic mass is 15.2. The molecule has 74 heavy (non-hydrogen) atoms. The lowest BCUT2D eigenvalue weighted by Gasteiger charge is -2.49. The van der Waals surface area contributed by atoms with Crippen LogP contribution in [-0.4, -0.2) is 13.4 Å². The number of nitrogens with zero attached hydrogens (tertiary/aromatic N) is 6. The van der Waals surface area contributed by atoms with E-state index in [4.69, 9.17) is 0 Å². The summed E-state index contributed by atoms with van der Waals surface area (Å²) < 4.78 is 0. The van der Waals surface area contributed by atoms with Crippen molar-refractivity contribution < 1.29 is 0 Å². The van der Waals surface area contributed by atoms with Gasteiger partial charge in [-0.3, -0.25) is 0 Å².